The van der Waals surface area contributed by atoms with Gasteiger partial charge in [-0.2, -0.15) is 0 Å². The number of allylic oxidation sites excluding steroid dienone is 1. The van der Waals surface area contributed by atoms with Crippen LogP contribution in [0, 0.1) is 35.5 Å². The molecular formula is C35H55NO9. The number of benzene rings is 1. The Bertz CT molecular complexity index is 1130. The molecule has 254 valence electrons. The summed E-state index contributed by atoms with van der Waals surface area (Å²) in [5.74, 6) is -1.93. The predicted molar refractivity (Wildman–Crippen MR) is 172 cm³/mol. The van der Waals surface area contributed by atoms with Gasteiger partial charge in [-0.25, -0.2) is 4.79 Å². The average Bonchev–Trinajstić information content (AvgIpc) is 2.99. The van der Waals surface area contributed by atoms with Crippen LogP contribution in [0.3, 0.4) is 0 Å². The molecule has 10 heteroatoms. The Kier molecular flexibility index (Phi) is 15.0. The molecule has 0 saturated carbocycles. The van der Waals surface area contributed by atoms with Gasteiger partial charge >= 0.3 is 12.1 Å². The molecule has 10 nitrogen and oxygen atoms in total. The second-order valence-electron chi connectivity index (χ2n) is 13.1. The van der Waals surface area contributed by atoms with Crippen LogP contribution >= 0.6 is 0 Å². The summed E-state index contributed by atoms with van der Waals surface area (Å²) in [4.78, 5) is 23.7. The first-order valence-electron chi connectivity index (χ1n) is 16.0. The topological polar surface area (TPSA) is 169 Å². The Balaban J connectivity index is 1.95. The molecule has 1 aliphatic rings. The van der Waals surface area contributed by atoms with Crippen LogP contribution in [0.4, 0.5) is 4.79 Å². The highest BCUT2D eigenvalue weighted by molar-refractivity contribution is 5.73. The molecule has 0 radical (unpaired) electrons. The SMILES string of the molecule is C/C(=C/[C@H](C)[C@@H](O)[C@@H](C)/C=C\[C@@H](O)C[C@@H]1OC(=O)[C@H](C)[C@@H](O)[C@H]1C)C[C@H](C)[C@@H](O)[C@H](C)[C@@H](OC(N)=O)[C@@H](C)Oc1ccccc1. The van der Waals surface area contributed by atoms with Crippen molar-refractivity contribution in [2.75, 3.05) is 0 Å². The zero-order valence-electron chi connectivity index (χ0n) is 27.9. The fourth-order valence-electron chi connectivity index (χ4n) is 6.16. The van der Waals surface area contributed by atoms with Gasteiger partial charge in [0.25, 0.3) is 0 Å². The number of aliphatic hydroxyl groups excluding tert-OH is 4. The molecule has 1 heterocycles. The van der Waals surface area contributed by atoms with E-state index >= 15 is 0 Å². The van der Waals surface area contributed by atoms with Gasteiger partial charge in [0.15, 0.2) is 0 Å². The number of hydrogen-bond donors (Lipinski definition) is 5. The summed E-state index contributed by atoms with van der Waals surface area (Å²) < 4.78 is 16.8. The number of para-hydroxylation sites is 1. The molecule has 13 atom stereocenters. The molecule has 45 heavy (non-hydrogen) atoms. The molecule has 0 bridgehead atoms. The molecule has 1 aromatic rings. The van der Waals surface area contributed by atoms with E-state index in [0.29, 0.717) is 12.2 Å². The van der Waals surface area contributed by atoms with Crippen LogP contribution in [0.2, 0.25) is 0 Å². The Morgan fingerprint density at radius 3 is 2.22 bits per heavy atom. The number of esters is 1. The number of aliphatic hydroxyl groups is 4. The molecule has 1 amide bonds. The van der Waals surface area contributed by atoms with Crippen molar-refractivity contribution in [2.24, 2.45) is 41.2 Å². The molecule has 0 aromatic heterocycles. The van der Waals surface area contributed by atoms with E-state index in [2.05, 4.69) is 0 Å². The Labute approximate surface area is 268 Å². The van der Waals surface area contributed by atoms with Crippen molar-refractivity contribution < 1.29 is 44.2 Å². The molecule has 0 aliphatic carbocycles. The largest absolute Gasteiger partial charge is 0.487 e. The first-order valence-corrected chi connectivity index (χ1v) is 16.0. The van der Waals surface area contributed by atoms with Gasteiger partial charge in [-0.15, -0.1) is 0 Å². The van der Waals surface area contributed by atoms with Gasteiger partial charge < -0.3 is 40.4 Å². The number of ether oxygens (including phenoxy) is 3. The smallest absolute Gasteiger partial charge is 0.404 e. The Hall–Kier alpha value is -2.92. The maximum Gasteiger partial charge on any atom is 0.404 e. The van der Waals surface area contributed by atoms with Crippen molar-refractivity contribution in [2.45, 2.75) is 111 Å². The van der Waals surface area contributed by atoms with Crippen LogP contribution in [0.1, 0.15) is 68.2 Å². The molecule has 0 unspecified atom stereocenters. The number of carbonyl (C=O) groups excluding carboxylic acids is 2. The molecule has 6 N–H and O–H groups in total. The summed E-state index contributed by atoms with van der Waals surface area (Å²) in [6.45, 7) is 14.6. The minimum atomic E-state index is -0.940. The quantitative estimate of drug-likeness (QED) is 0.131. The number of rotatable bonds is 16. The van der Waals surface area contributed by atoms with E-state index in [1.165, 1.54) is 0 Å². The number of hydrogen-bond acceptors (Lipinski definition) is 9. The van der Waals surface area contributed by atoms with Crippen LogP contribution < -0.4 is 10.5 Å². The van der Waals surface area contributed by atoms with E-state index in [1.807, 2.05) is 52.0 Å². The molecule has 2 rings (SSSR count). The lowest BCUT2D eigenvalue weighted by Gasteiger charge is -2.36. The lowest BCUT2D eigenvalue weighted by atomic mass is 9.83. The van der Waals surface area contributed by atoms with E-state index in [9.17, 15) is 30.0 Å². The standard InChI is InChI=1S/C35H55NO9/c1-19(17-22(4)31(39)24(6)33(45-35(36)42)26(8)43-28-12-10-9-11-13-28)16-21(3)30(38)20(2)14-15-27(37)18-29-23(5)32(40)25(7)34(41)44-29/h9-16,20-27,29-33,37-40H,17-18H2,1-8H3,(H2,36,42)/b15-14-,19-16-/t20-,21-,22-,23-,24-,25+,26+,27+,29-,30-,31+,32-,33+/m0/s1. The van der Waals surface area contributed by atoms with Gasteiger partial charge in [0.2, 0.25) is 0 Å². The second kappa shape index (κ2) is 17.7. The predicted octanol–water partition coefficient (Wildman–Crippen LogP) is 4.39. The van der Waals surface area contributed by atoms with Gasteiger partial charge in [-0.1, -0.05) is 76.6 Å². The molecule has 0 spiro atoms. The maximum atomic E-state index is 12.0. The summed E-state index contributed by atoms with van der Waals surface area (Å²) in [5.41, 5.74) is 6.33. The first kappa shape index (κ1) is 38.3. The average molecular weight is 634 g/mol. The molecular weight excluding hydrogens is 578 g/mol. The summed E-state index contributed by atoms with van der Waals surface area (Å²) in [7, 11) is 0. The third-order valence-corrected chi connectivity index (χ3v) is 9.08. The fourth-order valence-corrected chi connectivity index (χ4v) is 6.16. The van der Waals surface area contributed by atoms with Crippen molar-refractivity contribution in [1.82, 2.24) is 0 Å². The molecule has 1 aromatic carbocycles. The summed E-state index contributed by atoms with van der Waals surface area (Å²) in [6.07, 6.45) is -0.151. The number of cyclic esters (lactones) is 1. The van der Waals surface area contributed by atoms with E-state index in [-0.39, 0.29) is 30.1 Å². The second-order valence-corrected chi connectivity index (χ2v) is 13.1. The molecule has 1 fully saturated rings. The lowest BCUT2D eigenvalue weighted by Crippen LogP contribution is -2.47. The Morgan fingerprint density at radius 2 is 1.62 bits per heavy atom. The maximum absolute atomic E-state index is 12.0. The van der Waals surface area contributed by atoms with Crippen LogP contribution in [0.15, 0.2) is 54.1 Å². The van der Waals surface area contributed by atoms with Crippen molar-refractivity contribution in [3.63, 3.8) is 0 Å². The van der Waals surface area contributed by atoms with E-state index in [0.717, 1.165) is 5.57 Å². The van der Waals surface area contributed by atoms with Gasteiger partial charge in [-0.3, -0.25) is 4.79 Å². The normalized spacial score (nSPS) is 26.9. The first-order chi connectivity index (χ1) is 21.0. The van der Waals surface area contributed by atoms with Gasteiger partial charge in [-0.05, 0) is 45.2 Å². The van der Waals surface area contributed by atoms with Crippen molar-refractivity contribution >= 4 is 12.1 Å². The summed E-state index contributed by atoms with van der Waals surface area (Å²) in [6, 6.07) is 9.14. The zero-order chi connectivity index (χ0) is 34.0. The monoisotopic (exact) mass is 633 g/mol. The highest BCUT2D eigenvalue weighted by Gasteiger charge is 2.41. The van der Waals surface area contributed by atoms with Crippen LogP contribution in [0.25, 0.3) is 0 Å². The van der Waals surface area contributed by atoms with Crippen molar-refractivity contribution in [1.29, 1.82) is 0 Å². The fraction of sp³-hybridized carbons (Fsp3) is 0.657. The molecule has 1 aliphatic heterocycles. The zero-order valence-corrected chi connectivity index (χ0v) is 27.9. The van der Waals surface area contributed by atoms with Crippen LogP contribution in [0.5, 0.6) is 5.75 Å². The minimum Gasteiger partial charge on any atom is -0.487 e. The summed E-state index contributed by atoms with van der Waals surface area (Å²) in [5, 5.41) is 43.0. The van der Waals surface area contributed by atoms with Crippen molar-refractivity contribution in [3.05, 3.63) is 54.1 Å². The highest BCUT2D eigenvalue weighted by atomic mass is 16.6. The van der Waals surface area contributed by atoms with Gasteiger partial charge in [0.1, 0.15) is 24.1 Å². The van der Waals surface area contributed by atoms with E-state index in [4.69, 9.17) is 19.9 Å². The van der Waals surface area contributed by atoms with Crippen LogP contribution in [-0.2, 0) is 14.3 Å². The number of nitrogens with two attached hydrogens (primary N) is 1. The third-order valence-electron chi connectivity index (χ3n) is 9.08. The third kappa shape index (κ3) is 11.4. The Morgan fingerprint density at radius 1 is 1.00 bits per heavy atom. The highest BCUT2D eigenvalue weighted by Crippen LogP contribution is 2.30. The summed E-state index contributed by atoms with van der Waals surface area (Å²) >= 11 is 0. The van der Waals surface area contributed by atoms with Gasteiger partial charge in [0, 0.05) is 30.1 Å². The minimum absolute atomic E-state index is 0.158. The molecule has 1 saturated heterocycles. The van der Waals surface area contributed by atoms with E-state index < -0.39 is 66.6 Å². The lowest BCUT2D eigenvalue weighted by molar-refractivity contribution is -0.179. The van der Waals surface area contributed by atoms with Crippen molar-refractivity contribution in [3.8, 4) is 5.75 Å². The van der Waals surface area contributed by atoms with Gasteiger partial charge in [0.05, 0.1) is 30.3 Å². The number of primary amides is 1. The number of carbonyl (C=O) groups is 2. The van der Waals surface area contributed by atoms with E-state index in [1.54, 1.807) is 52.0 Å². The van der Waals surface area contributed by atoms with Crippen LogP contribution in [-0.4, -0.2) is 75.2 Å². The number of amides is 1.